The smallest absolute Gasteiger partial charge is 0.334 e. The summed E-state index contributed by atoms with van der Waals surface area (Å²) in [4.78, 5) is 25.0. The molecular weight excluding hydrogens is 336 g/mol. The third-order valence-corrected chi connectivity index (χ3v) is 6.90. The maximum absolute atomic E-state index is 12.8. The number of rotatable bonds is 1. The Kier molecular flexibility index (Phi) is 3.11. The lowest BCUT2D eigenvalue weighted by Gasteiger charge is -2.57. The standard InChI is InChI=1S/C20H20O6/c1-19-8-14(11-5-6-24-9-11)26-18(23)13(19)7-16(21)20-10-25-17(22)12(20)3-2-4-15(19)20/h2-3,5-7,9,12,14-16,21H,4,8,10H2,1H3/t12-,14+,15+,16+,19-,20-/m0/s1. The molecule has 2 fully saturated rings. The number of allylic oxidation sites excluding steroid dienone is 1. The van der Waals surface area contributed by atoms with Gasteiger partial charge in [-0.05, 0) is 30.9 Å². The minimum absolute atomic E-state index is 0.0892. The average molecular weight is 356 g/mol. The highest BCUT2D eigenvalue weighted by Gasteiger charge is 2.67. The largest absolute Gasteiger partial charge is 0.472 e. The Bertz CT molecular complexity index is 836. The van der Waals surface area contributed by atoms with Crippen molar-refractivity contribution in [2.75, 3.05) is 6.61 Å². The molecule has 136 valence electrons. The van der Waals surface area contributed by atoms with Crippen LogP contribution in [0.25, 0.3) is 0 Å². The van der Waals surface area contributed by atoms with Gasteiger partial charge in [0.15, 0.2) is 0 Å². The number of ether oxygens (including phenoxy) is 2. The first-order valence-corrected chi connectivity index (χ1v) is 8.93. The number of cyclic esters (lactones) is 2. The molecule has 1 spiro atoms. The van der Waals surface area contributed by atoms with Crippen molar-refractivity contribution in [3.8, 4) is 0 Å². The monoisotopic (exact) mass is 356 g/mol. The Labute approximate surface area is 150 Å². The molecule has 2 aliphatic carbocycles. The Morgan fingerprint density at radius 1 is 1.31 bits per heavy atom. The van der Waals surface area contributed by atoms with Crippen molar-refractivity contribution < 1.29 is 28.6 Å². The topological polar surface area (TPSA) is 86.0 Å². The molecule has 4 aliphatic rings. The van der Waals surface area contributed by atoms with Crippen LogP contribution in [0.2, 0.25) is 0 Å². The van der Waals surface area contributed by atoms with E-state index in [1.54, 1.807) is 24.7 Å². The third kappa shape index (κ3) is 1.80. The number of furan rings is 1. The lowest BCUT2D eigenvalue weighted by Crippen LogP contribution is -2.59. The number of carbonyl (C=O) groups excluding carboxylic acids is 2. The first kappa shape index (κ1) is 15.9. The molecule has 1 N–H and O–H groups in total. The molecule has 0 aromatic carbocycles. The van der Waals surface area contributed by atoms with Gasteiger partial charge in [-0.2, -0.15) is 0 Å². The van der Waals surface area contributed by atoms with Gasteiger partial charge < -0.3 is 19.0 Å². The first-order chi connectivity index (χ1) is 12.5. The summed E-state index contributed by atoms with van der Waals surface area (Å²) in [5.41, 5.74) is 0.0880. The molecule has 3 heterocycles. The van der Waals surface area contributed by atoms with Gasteiger partial charge in [-0.25, -0.2) is 4.79 Å². The van der Waals surface area contributed by atoms with Crippen LogP contribution in [-0.2, 0) is 19.1 Å². The number of esters is 2. The molecule has 0 radical (unpaired) electrons. The second kappa shape index (κ2) is 5.10. The maximum Gasteiger partial charge on any atom is 0.334 e. The van der Waals surface area contributed by atoms with E-state index in [1.807, 2.05) is 19.1 Å². The minimum Gasteiger partial charge on any atom is -0.472 e. The van der Waals surface area contributed by atoms with Gasteiger partial charge >= 0.3 is 11.9 Å². The number of hydrogen-bond acceptors (Lipinski definition) is 6. The molecule has 2 saturated heterocycles. The van der Waals surface area contributed by atoms with Gasteiger partial charge in [0.05, 0.1) is 30.0 Å². The lowest BCUT2D eigenvalue weighted by molar-refractivity contribution is -0.163. The fourth-order valence-electron chi connectivity index (χ4n) is 5.58. The first-order valence-electron chi connectivity index (χ1n) is 8.93. The molecular formula is C20H20O6. The number of aliphatic hydroxyl groups excluding tert-OH is 1. The molecule has 0 unspecified atom stereocenters. The van der Waals surface area contributed by atoms with Gasteiger partial charge in [-0.3, -0.25) is 4.79 Å². The van der Waals surface area contributed by atoms with E-state index in [0.29, 0.717) is 18.4 Å². The number of hydrogen-bond donors (Lipinski definition) is 1. The van der Waals surface area contributed by atoms with Crippen molar-refractivity contribution in [3.05, 3.63) is 48.0 Å². The molecule has 6 atom stereocenters. The van der Waals surface area contributed by atoms with Gasteiger partial charge in [-0.15, -0.1) is 0 Å². The molecule has 5 rings (SSSR count). The fraction of sp³-hybridized carbons (Fsp3) is 0.500. The summed E-state index contributed by atoms with van der Waals surface area (Å²) in [6.07, 6.45) is 8.52. The van der Waals surface area contributed by atoms with Crippen molar-refractivity contribution in [3.63, 3.8) is 0 Å². The van der Waals surface area contributed by atoms with Crippen LogP contribution in [0.5, 0.6) is 0 Å². The summed E-state index contributed by atoms with van der Waals surface area (Å²) in [7, 11) is 0. The predicted molar refractivity (Wildman–Crippen MR) is 88.5 cm³/mol. The van der Waals surface area contributed by atoms with Crippen molar-refractivity contribution >= 4 is 11.9 Å². The van der Waals surface area contributed by atoms with E-state index in [4.69, 9.17) is 13.9 Å². The Balaban J connectivity index is 1.64. The molecule has 1 aromatic heterocycles. The zero-order valence-electron chi connectivity index (χ0n) is 14.4. The summed E-state index contributed by atoms with van der Waals surface area (Å²) >= 11 is 0. The normalized spacial score (nSPS) is 43.7. The highest BCUT2D eigenvalue weighted by molar-refractivity contribution is 5.92. The van der Waals surface area contributed by atoms with Gasteiger partial charge in [0.25, 0.3) is 0 Å². The lowest BCUT2D eigenvalue weighted by atomic mass is 9.47. The van der Waals surface area contributed by atoms with Crippen LogP contribution in [0.4, 0.5) is 0 Å². The van der Waals surface area contributed by atoms with Gasteiger partial charge in [-0.1, -0.05) is 19.1 Å². The van der Waals surface area contributed by atoms with E-state index < -0.39 is 34.9 Å². The number of carbonyl (C=O) groups is 2. The van der Waals surface area contributed by atoms with E-state index in [9.17, 15) is 14.7 Å². The highest BCUT2D eigenvalue weighted by Crippen LogP contribution is 2.64. The van der Waals surface area contributed by atoms with Gasteiger partial charge in [0.1, 0.15) is 12.7 Å². The fourth-order valence-corrected chi connectivity index (χ4v) is 5.58. The second-order valence-electron chi connectivity index (χ2n) is 8.01. The quantitative estimate of drug-likeness (QED) is 0.614. The summed E-state index contributed by atoms with van der Waals surface area (Å²) in [5.74, 6) is -1.27. The number of fused-ring (bicyclic) bond motifs is 2. The van der Waals surface area contributed by atoms with E-state index in [2.05, 4.69) is 0 Å². The van der Waals surface area contributed by atoms with Crippen molar-refractivity contribution in [2.24, 2.45) is 22.7 Å². The summed E-state index contributed by atoms with van der Waals surface area (Å²) in [6.45, 7) is 2.22. The maximum atomic E-state index is 12.8. The minimum atomic E-state index is -0.921. The van der Waals surface area contributed by atoms with Crippen molar-refractivity contribution in [1.82, 2.24) is 0 Å². The zero-order valence-corrected chi connectivity index (χ0v) is 14.4. The summed E-state index contributed by atoms with van der Waals surface area (Å²) in [6, 6.07) is 1.80. The van der Waals surface area contributed by atoms with E-state index >= 15 is 0 Å². The van der Waals surface area contributed by atoms with Crippen LogP contribution in [0.3, 0.4) is 0 Å². The number of aliphatic hydroxyl groups is 1. The SMILES string of the molecule is C[C@]12C[C@H](c3ccoc3)OC(=O)C1=C[C@@H](O)[C@@]13COC(=O)[C@@H]1C=CC[C@@H]32. The average Bonchev–Trinajstić information content (AvgIpc) is 3.26. The molecule has 6 nitrogen and oxygen atoms in total. The second-order valence-corrected chi connectivity index (χ2v) is 8.01. The predicted octanol–water partition coefficient (Wildman–Crippen LogP) is 2.31. The van der Waals surface area contributed by atoms with Crippen LogP contribution in [0, 0.1) is 22.7 Å². The van der Waals surface area contributed by atoms with E-state index in [1.165, 1.54) is 0 Å². The Morgan fingerprint density at radius 2 is 2.15 bits per heavy atom. The summed E-state index contributed by atoms with van der Waals surface area (Å²) < 4.78 is 16.2. The molecule has 6 heteroatoms. The summed E-state index contributed by atoms with van der Waals surface area (Å²) in [5, 5.41) is 10.9. The third-order valence-electron chi connectivity index (χ3n) is 6.90. The molecule has 0 amide bonds. The Hall–Kier alpha value is -2.34. The van der Waals surface area contributed by atoms with Crippen LogP contribution in [0.15, 0.2) is 46.8 Å². The zero-order chi connectivity index (χ0) is 18.1. The molecule has 26 heavy (non-hydrogen) atoms. The molecule has 0 bridgehead atoms. The van der Waals surface area contributed by atoms with Crippen LogP contribution < -0.4 is 0 Å². The Morgan fingerprint density at radius 3 is 2.92 bits per heavy atom. The van der Waals surface area contributed by atoms with Crippen LogP contribution in [-0.4, -0.2) is 29.8 Å². The highest BCUT2D eigenvalue weighted by atomic mass is 16.5. The molecule has 0 saturated carbocycles. The van der Waals surface area contributed by atoms with E-state index in [-0.39, 0.29) is 18.5 Å². The van der Waals surface area contributed by atoms with E-state index in [0.717, 1.165) is 5.56 Å². The van der Waals surface area contributed by atoms with Crippen molar-refractivity contribution in [2.45, 2.75) is 32.0 Å². The van der Waals surface area contributed by atoms with Crippen LogP contribution >= 0.6 is 0 Å². The van der Waals surface area contributed by atoms with Crippen molar-refractivity contribution in [1.29, 1.82) is 0 Å². The van der Waals surface area contributed by atoms with Crippen LogP contribution in [0.1, 0.15) is 31.4 Å². The van der Waals surface area contributed by atoms with Gasteiger partial charge in [0.2, 0.25) is 0 Å². The van der Waals surface area contributed by atoms with Gasteiger partial charge in [0, 0.05) is 16.6 Å². The molecule has 1 aromatic rings. The molecule has 2 aliphatic heterocycles.